The van der Waals surface area contributed by atoms with Gasteiger partial charge in [0.1, 0.15) is 5.76 Å². The Labute approximate surface area is 117 Å². The quantitative estimate of drug-likeness (QED) is 0.904. The molecule has 104 valence electrons. The van der Waals surface area contributed by atoms with Crippen molar-refractivity contribution in [1.29, 1.82) is 5.26 Å². The molecule has 2 atom stereocenters. The van der Waals surface area contributed by atoms with Crippen LogP contribution in [0.4, 0.5) is 0 Å². The zero-order valence-electron chi connectivity index (χ0n) is 11.4. The summed E-state index contributed by atoms with van der Waals surface area (Å²) < 4.78 is 16.5. The van der Waals surface area contributed by atoms with Crippen LogP contribution in [0.1, 0.15) is 24.4 Å². The van der Waals surface area contributed by atoms with E-state index in [9.17, 15) is 0 Å². The van der Waals surface area contributed by atoms with Gasteiger partial charge in [-0.2, -0.15) is 5.26 Å². The van der Waals surface area contributed by atoms with Gasteiger partial charge in [0.25, 0.3) is 0 Å². The lowest BCUT2D eigenvalue weighted by molar-refractivity contribution is 0.147. The number of nitrogens with zero attached hydrogens (tertiary/aromatic N) is 1. The maximum atomic E-state index is 8.89. The summed E-state index contributed by atoms with van der Waals surface area (Å²) in [4.78, 5) is 0. The van der Waals surface area contributed by atoms with E-state index in [4.69, 9.17) is 24.9 Å². The van der Waals surface area contributed by atoms with Gasteiger partial charge in [0, 0.05) is 12.1 Å². The first kappa shape index (κ1) is 14.0. The molecule has 0 bridgehead atoms. The SMILES string of the molecule is COc1cc(C#N)ccc1OC(c1ccco1)C(C)N. The second kappa shape index (κ2) is 6.13. The van der Waals surface area contributed by atoms with E-state index in [1.54, 1.807) is 30.5 Å². The Morgan fingerprint density at radius 2 is 2.10 bits per heavy atom. The van der Waals surface area contributed by atoms with Gasteiger partial charge in [0.05, 0.1) is 25.0 Å². The third-order valence-electron chi connectivity index (χ3n) is 2.85. The van der Waals surface area contributed by atoms with Crippen molar-refractivity contribution in [3.63, 3.8) is 0 Å². The molecule has 5 heteroatoms. The molecular weight excluding hydrogens is 256 g/mol. The van der Waals surface area contributed by atoms with Gasteiger partial charge < -0.3 is 19.6 Å². The molecule has 1 aromatic heterocycles. The largest absolute Gasteiger partial charge is 0.493 e. The average molecular weight is 272 g/mol. The van der Waals surface area contributed by atoms with Gasteiger partial charge in [0.15, 0.2) is 17.6 Å². The van der Waals surface area contributed by atoms with Gasteiger partial charge in [-0.15, -0.1) is 0 Å². The van der Waals surface area contributed by atoms with E-state index >= 15 is 0 Å². The van der Waals surface area contributed by atoms with Gasteiger partial charge >= 0.3 is 0 Å². The van der Waals surface area contributed by atoms with Crippen molar-refractivity contribution >= 4 is 0 Å². The third kappa shape index (κ3) is 2.92. The standard InChI is InChI=1S/C15H16N2O3/c1-10(17)15(13-4-3-7-19-13)20-12-6-5-11(9-16)8-14(12)18-2/h3-8,10,15H,17H2,1-2H3. The topological polar surface area (TPSA) is 81.4 Å². The van der Waals surface area contributed by atoms with Crippen molar-refractivity contribution in [3.05, 3.63) is 47.9 Å². The van der Waals surface area contributed by atoms with Crippen LogP contribution in [0.5, 0.6) is 11.5 Å². The molecule has 1 heterocycles. The molecule has 0 saturated heterocycles. The van der Waals surface area contributed by atoms with Crippen LogP contribution in [-0.2, 0) is 0 Å². The summed E-state index contributed by atoms with van der Waals surface area (Å²) in [7, 11) is 1.52. The van der Waals surface area contributed by atoms with Crippen molar-refractivity contribution in [2.75, 3.05) is 7.11 Å². The molecule has 2 unspecified atom stereocenters. The van der Waals surface area contributed by atoms with Crippen molar-refractivity contribution in [3.8, 4) is 17.6 Å². The molecule has 1 aromatic carbocycles. The number of benzene rings is 1. The molecule has 20 heavy (non-hydrogen) atoms. The number of furan rings is 1. The summed E-state index contributed by atoms with van der Waals surface area (Å²) >= 11 is 0. The monoisotopic (exact) mass is 272 g/mol. The van der Waals surface area contributed by atoms with E-state index in [-0.39, 0.29) is 6.04 Å². The molecule has 0 saturated carbocycles. The molecule has 2 rings (SSSR count). The Morgan fingerprint density at radius 1 is 1.30 bits per heavy atom. The molecule has 0 radical (unpaired) electrons. The Bertz CT molecular complexity index is 600. The highest BCUT2D eigenvalue weighted by Crippen LogP contribution is 2.33. The van der Waals surface area contributed by atoms with Crippen molar-refractivity contribution in [2.45, 2.75) is 19.1 Å². The Kier molecular flexibility index (Phi) is 4.28. The van der Waals surface area contributed by atoms with E-state index in [2.05, 4.69) is 6.07 Å². The molecular formula is C15H16N2O3. The normalized spacial score (nSPS) is 13.3. The maximum absolute atomic E-state index is 8.89. The Morgan fingerprint density at radius 3 is 2.65 bits per heavy atom. The number of ether oxygens (including phenoxy) is 2. The number of hydrogen-bond donors (Lipinski definition) is 1. The van der Waals surface area contributed by atoms with Crippen LogP contribution in [-0.4, -0.2) is 13.2 Å². The minimum absolute atomic E-state index is 0.263. The highest BCUT2D eigenvalue weighted by molar-refractivity contribution is 5.47. The smallest absolute Gasteiger partial charge is 0.171 e. The van der Waals surface area contributed by atoms with Gasteiger partial charge in [0.2, 0.25) is 0 Å². The zero-order valence-corrected chi connectivity index (χ0v) is 11.4. The van der Waals surface area contributed by atoms with E-state index in [0.717, 1.165) is 0 Å². The van der Waals surface area contributed by atoms with Crippen LogP contribution in [0.2, 0.25) is 0 Å². The fourth-order valence-electron chi connectivity index (χ4n) is 1.85. The van der Waals surface area contributed by atoms with Crippen LogP contribution < -0.4 is 15.2 Å². The zero-order chi connectivity index (χ0) is 14.5. The Balaban J connectivity index is 2.30. The number of hydrogen-bond acceptors (Lipinski definition) is 5. The molecule has 0 fully saturated rings. The number of methoxy groups -OCH3 is 1. The third-order valence-corrected chi connectivity index (χ3v) is 2.85. The van der Waals surface area contributed by atoms with Crippen LogP contribution in [0.25, 0.3) is 0 Å². The second-order valence-electron chi connectivity index (χ2n) is 4.39. The summed E-state index contributed by atoms with van der Waals surface area (Å²) in [6.07, 6.45) is 1.15. The average Bonchev–Trinajstić information content (AvgIpc) is 2.98. The molecule has 2 aromatic rings. The van der Waals surface area contributed by atoms with E-state index in [1.165, 1.54) is 7.11 Å². The molecule has 0 aliphatic rings. The first-order valence-electron chi connectivity index (χ1n) is 6.19. The van der Waals surface area contributed by atoms with Gasteiger partial charge in [-0.25, -0.2) is 0 Å². The highest BCUT2D eigenvalue weighted by atomic mass is 16.5. The maximum Gasteiger partial charge on any atom is 0.171 e. The van der Waals surface area contributed by atoms with E-state index in [1.807, 2.05) is 13.0 Å². The number of nitrogens with two attached hydrogens (primary N) is 1. The summed E-state index contributed by atoms with van der Waals surface area (Å²) in [5.41, 5.74) is 6.45. The molecule has 0 aliphatic heterocycles. The molecule has 0 amide bonds. The number of nitriles is 1. The van der Waals surface area contributed by atoms with Crippen molar-refractivity contribution in [2.24, 2.45) is 5.73 Å². The van der Waals surface area contributed by atoms with Gasteiger partial charge in [-0.3, -0.25) is 0 Å². The van der Waals surface area contributed by atoms with Gasteiger partial charge in [-0.1, -0.05) is 0 Å². The van der Waals surface area contributed by atoms with E-state index in [0.29, 0.717) is 22.8 Å². The lowest BCUT2D eigenvalue weighted by Crippen LogP contribution is -2.28. The fourth-order valence-corrected chi connectivity index (χ4v) is 1.85. The van der Waals surface area contributed by atoms with Crippen LogP contribution in [0, 0.1) is 11.3 Å². The van der Waals surface area contributed by atoms with Crippen molar-refractivity contribution < 1.29 is 13.9 Å². The van der Waals surface area contributed by atoms with Crippen LogP contribution in [0.15, 0.2) is 41.0 Å². The Hall–Kier alpha value is -2.45. The molecule has 0 aliphatic carbocycles. The molecule has 5 nitrogen and oxygen atoms in total. The lowest BCUT2D eigenvalue weighted by atomic mass is 10.1. The summed E-state index contributed by atoms with van der Waals surface area (Å²) in [6.45, 7) is 1.84. The summed E-state index contributed by atoms with van der Waals surface area (Å²) in [5, 5.41) is 8.89. The van der Waals surface area contributed by atoms with Crippen LogP contribution >= 0.6 is 0 Å². The number of rotatable bonds is 5. The first-order chi connectivity index (χ1) is 9.65. The lowest BCUT2D eigenvalue weighted by Gasteiger charge is -2.21. The minimum atomic E-state index is -0.424. The summed E-state index contributed by atoms with van der Waals surface area (Å²) in [6, 6.07) is 10.4. The van der Waals surface area contributed by atoms with Crippen molar-refractivity contribution in [1.82, 2.24) is 0 Å². The first-order valence-corrected chi connectivity index (χ1v) is 6.19. The highest BCUT2D eigenvalue weighted by Gasteiger charge is 2.22. The van der Waals surface area contributed by atoms with Crippen LogP contribution in [0.3, 0.4) is 0 Å². The predicted octanol–water partition coefficient (Wildman–Crippen LogP) is 2.63. The second-order valence-corrected chi connectivity index (χ2v) is 4.39. The predicted molar refractivity (Wildman–Crippen MR) is 73.4 cm³/mol. The minimum Gasteiger partial charge on any atom is -0.493 e. The van der Waals surface area contributed by atoms with E-state index < -0.39 is 6.10 Å². The van der Waals surface area contributed by atoms with Gasteiger partial charge in [-0.05, 0) is 31.2 Å². The molecule has 2 N–H and O–H groups in total. The molecule has 0 spiro atoms. The summed E-state index contributed by atoms with van der Waals surface area (Å²) in [5.74, 6) is 1.65. The fraction of sp³-hybridized carbons (Fsp3) is 0.267.